The molecule has 2 heterocycles. The molecule has 0 fully saturated rings. The third-order valence-corrected chi connectivity index (χ3v) is 6.93. The van der Waals surface area contributed by atoms with E-state index in [1.54, 1.807) is 0 Å². The number of aromatic nitrogens is 1. The molecule has 0 aliphatic rings. The van der Waals surface area contributed by atoms with Crippen LogP contribution in [0.3, 0.4) is 0 Å². The maximum Gasteiger partial charge on any atom is 0.264 e. The number of amides is 1. The van der Waals surface area contributed by atoms with Gasteiger partial charge < -0.3 is 14.7 Å². The Morgan fingerprint density at radius 1 is 1.12 bits per heavy atom. The predicted molar refractivity (Wildman–Crippen MR) is 125 cm³/mol. The first-order valence-electron chi connectivity index (χ1n) is 9.76. The number of furan rings is 1. The minimum atomic E-state index is -4.31. The summed E-state index contributed by atoms with van der Waals surface area (Å²) in [6, 6.07) is 9.71. The molecule has 3 N–H and O–H groups in total. The van der Waals surface area contributed by atoms with Crippen LogP contribution in [0.25, 0.3) is 10.9 Å². The molecule has 7 nitrogen and oxygen atoms in total. The van der Waals surface area contributed by atoms with Gasteiger partial charge in [-0.3, -0.25) is 9.52 Å². The standard InChI is InChI=1S/C22H18Cl2FN3O4S/c1-12-2-4-14(32-12)8-9-26-22(29)13-3-7-19(17(25)10-13)33(30,31)28-18-6-5-15(23)20-16(24)11-27-21(18)20/h2-7,10-11,27-28H,8-9H2,1H3,(H,26,29). The molecule has 4 rings (SSSR count). The zero-order chi connectivity index (χ0) is 23.8. The number of halogens is 3. The SMILES string of the molecule is Cc1ccc(CCNC(=O)c2ccc(S(=O)(=O)Nc3ccc(Cl)c4c(Cl)c[nH]c34)c(F)c2)o1. The van der Waals surface area contributed by atoms with E-state index in [0.717, 1.165) is 17.9 Å². The summed E-state index contributed by atoms with van der Waals surface area (Å²) in [5.74, 6) is -0.116. The zero-order valence-electron chi connectivity index (χ0n) is 17.2. The van der Waals surface area contributed by atoms with Crippen LogP contribution in [0.2, 0.25) is 10.0 Å². The van der Waals surface area contributed by atoms with E-state index in [0.29, 0.717) is 33.1 Å². The average molecular weight is 510 g/mol. The molecule has 33 heavy (non-hydrogen) atoms. The molecule has 0 spiro atoms. The summed E-state index contributed by atoms with van der Waals surface area (Å²) in [6.45, 7) is 2.10. The van der Waals surface area contributed by atoms with Crippen LogP contribution in [-0.2, 0) is 16.4 Å². The number of hydrogen-bond acceptors (Lipinski definition) is 4. The molecule has 172 valence electrons. The Labute approximate surface area is 198 Å². The highest BCUT2D eigenvalue weighted by atomic mass is 35.5. The van der Waals surface area contributed by atoms with Crippen LogP contribution < -0.4 is 10.0 Å². The van der Waals surface area contributed by atoms with Gasteiger partial charge in [0.25, 0.3) is 15.9 Å². The Morgan fingerprint density at radius 2 is 1.91 bits per heavy atom. The second-order valence-electron chi connectivity index (χ2n) is 7.25. The van der Waals surface area contributed by atoms with Crippen molar-refractivity contribution >= 4 is 55.7 Å². The molecule has 0 unspecified atom stereocenters. The topological polar surface area (TPSA) is 104 Å². The molecule has 0 atom stereocenters. The Morgan fingerprint density at radius 3 is 2.61 bits per heavy atom. The number of anilines is 1. The maximum atomic E-state index is 14.7. The maximum absolute atomic E-state index is 14.7. The van der Waals surface area contributed by atoms with Crippen LogP contribution in [0, 0.1) is 12.7 Å². The molecule has 0 bridgehead atoms. The molecule has 0 radical (unpaired) electrons. The molecule has 1 amide bonds. The number of aromatic amines is 1. The van der Waals surface area contributed by atoms with Gasteiger partial charge in [0.1, 0.15) is 22.2 Å². The van der Waals surface area contributed by atoms with E-state index in [4.69, 9.17) is 27.6 Å². The normalized spacial score (nSPS) is 11.6. The van der Waals surface area contributed by atoms with Crippen LogP contribution in [0.5, 0.6) is 0 Å². The third-order valence-electron chi connectivity index (χ3n) is 4.92. The van der Waals surface area contributed by atoms with Gasteiger partial charge >= 0.3 is 0 Å². The van der Waals surface area contributed by atoms with Gasteiger partial charge in [-0.05, 0) is 49.4 Å². The van der Waals surface area contributed by atoms with Crippen molar-refractivity contribution in [2.24, 2.45) is 0 Å². The van der Waals surface area contributed by atoms with E-state index in [1.807, 2.05) is 19.1 Å². The summed E-state index contributed by atoms with van der Waals surface area (Å²) in [6.07, 6.45) is 1.94. The lowest BCUT2D eigenvalue weighted by molar-refractivity contribution is 0.0953. The highest BCUT2D eigenvalue weighted by molar-refractivity contribution is 7.92. The van der Waals surface area contributed by atoms with Gasteiger partial charge in [-0.25, -0.2) is 12.8 Å². The molecule has 0 saturated carbocycles. The van der Waals surface area contributed by atoms with Crippen LogP contribution in [0.15, 0.2) is 58.0 Å². The summed E-state index contributed by atoms with van der Waals surface area (Å²) >= 11 is 12.2. The fourth-order valence-electron chi connectivity index (χ4n) is 3.33. The minimum absolute atomic E-state index is 0.00731. The first-order chi connectivity index (χ1) is 15.7. The number of rotatable bonds is 7. The van der Waals surface area contributed by atoms with Crippen LogP contribution in [-0.4, -0.2) is 25.9 Å². The monoisotopic (exact) mass is 509 g/mol. The fraction of sp³-hybridized carbons (Fsp3) is 0.136. The number of aryl methyl sites for hydroxylation is 1. The van der Waals surface area contributed by atoms with Crippen molar-refractivity contribution in [3.8, 4) is 0 Å². The summed E-state index contributed by atoms with van der Waals surface area (Å²) in [4.78, 5) is 14.6. The van der Waals surface area contributed by atoms with Gasteiger partial charge in [0.15, 0.2) is 0 Å². The van der Waals surface area contributed by atoms with Gasteiger partial charge in [0.2, 0.25) is 0 Å². The molecular weight excluding hydrogens is 492 g/mol. The second kappa shape index (κ2) is 9.09. The molecule has 0 aliphatic heterocycles. The first-order valence-corrected chi connectivity index (χ1v) is 12.0. The number of nitrogens with one attached hydrogen (secondary N) is 3. The first kappa shape index (κ1) is 23.2. The Hall–Kier alpha value is -3.01. The number of carbonyl (C=O) groups is 1. The third kappa shape index (κ3) is 4.85. The lowest BCUT2D eigenvalue weighted by Crippen LogP contribution is -2.26. The Kier molecular flexibility index (Phi) is 6.38. The molecular formula is C22H18Cl2FN3O4S. The predicted octanol–water partition coefficient (Wildman–Crippen LogP) is 5.29. The van der Waals surface area contributed by atoms with E-state index in [9.17, 15) is 17.6 Å². The molecule has 2 aromatic heterocycles. The van der Waals surface area contributed by atoms with E-state index >= 15 is 0 Å². The number of sulfonamides is 1. The molecule has 0 aliphatic carbocycles. The summed E-state index contributed by atoms with van der Waals surface area (Å²) in [5.41, 5.74) is 0.502. The number of benzene rings is 2. The summed E-state index contributed by atoms with van der Waals surface area (Å²) in [7, 11) is -4.31. The largest absolute Gasteiger partial charge is 0.466 e. The lowest BCUT2D eigenvalue weighted by atomic mass is 10.2. The van der Waals surface area contributed by atoms with Crippen molar-refractivity contribution in [2.45, 2.75) is 18.2 Å². The van der Waals surface area contributed by atoms with Gasteiger partial charge in [-0.2, -0.15) is 0 Å². The number of carbonyl (C=O) groups excluding carboxylic acids is 1. The van der Waals surface area contributed by atoms with Crippen molar-refractivity contribution in [2.75, 3.05) is 11.3 Å². The highest BCUT2D eigenvalue weighted by Gasteiger charge is 2.22. The summed E-state index contributed by atoms with van der Waals surface area (Å²) < 4.78 is 48.1. The Bertz CT molecular complexity index is 1460. The van der Waals surface area contributed by atoms with Crippen molar-refractivity contribution < 1.29 is 22.0 Å². The molecule has 2 aromatic carbocycles. The average Bonchev–Trinajstić information content (AvgIpc) is 3.36. The van der Waals surface area contributed by atoms with Gasteiger partial charge in [-0.15, -0.1) is 0 Å². The van der Waals surface area contributed by atoms with Crippen molar-refractivity contribution in [1.29, 1.82) is 0 Å². The van der Waals surface area contributed by atoms with Gasteiger partial charge in [0.05, 0.1) is 21.2 Å². The lowest BCUT2D eigenvalue weighted by Gasteiger charge is -2.11. The van der Waals surface area contributed by atoms with Crippen molar-refractivity contribution in [1.82, 2.24) is 10.3 Å². The Balaban J connectivity index is 1.50. The van der Waals surface area contributed by atoms with E-state index in [2.05, 4.69) is 15.0 Å². The van der Waals surface area contributed by atoms with E-state index < -0.39 is 26.6 Å². The van der Waals surface area contributed by atoms with E-state index in [-0.39, 0.29) is 17.8 Å². The van der Waals surface area contributed by atoms with Gasteiger partial charge in [-0.1, -0.05) is 23.2 Å². The van der Waals surface area contributed by atoms with Crippen molar-refractivity contribution in [3.05, 3.63) is 81.6 Å². The van der Waals surface area contributed by atoms with Crippen LogP contribution in [0.1, 0.15) is 21.9 Å². The zero-order valence-corrected chi connectivity index (χ0v) is 19.5. The molecule has 0 saturated heterocycles. The molecule has 11 heteroatoms. The van der Waals surface area contributed by atoms with Crippen molar-refractivity contribution in [3.63, 3.8) is 0 Å². The van der Waals surface area contributed by atoms with Gasteiger partial charge in [0, 0.05) is 30.1 Å². The number of hydrogen-bond donors (Lipinski definition) is 3. The minimum Gasteiger partial charge on any atom is -0.466 e. The smallest absolute Gasteiger partial charge is 0.264 e. The highest BCUT2D eigenvalue weighted by Crippen LogP contribution is 2.35. The quantitative estimate of drug-likeness (QED) is 0.314. The fourth-order valence-corrected chi connectivity index (χ4v) is 5.02. The summed E-state index contributed by atoms with van der Waals surface area (Å²) in [5, 5.41) is 3.75. The second-order valence-corrected chi connectivity index (χ2v) is 9.72. The van der Waals surface area contributed by atoms with Crippen LogP contribution in [0.4, 0.5) is 10.1 Å². The molecule has 4 aromatic rings. The number of fused-ring (bicyclic) bond motifs is 1. The van der Waals surface area contributed by atoms with E-state index in [1.165, 1.54) is 24.4 Å². The number of H-pyrrole nitrogens is 1. The van der Waals surface area contributed by atoms with Crippen LogP contribution >= 0.6 is 23.2 Å².